The van der Waals surface area contributed by atoms with Crippen molar-refractivity contribution in [3.8, 4) is 10.6 Å². The molecule has 3 heterocycles. The average Bonchev–Trinajstić information content (AvgIpc) is 3.22. The quantitative estimate of drug-likeness (QED) is 0.701. The van der Waals surface area contributed by atoms with Gasteiger partial charge >= 0.3 is 0 Å². The van der Waals surface area contributed by atoms with Gasteiger partial charge in [0.05, 0.1) is 16.8 Å². The number of pyridine rings is 1. The summed E-state index contributed by atoms with van der Waals surface area (Å²) in [6.45, 7) is 6.82. The second-order valence-electron chi connectivity index (χ2n) is 6.67. The summed E-state index contributed by atoms with van der Waals surface area (Å²) in [5, 5.41) is 1.94. The third kappa shape index (κ3) is 3.54. The van der Waals surface area contributed by atoms with Crippen LogP contribution in [0, 0.1) is 5.41 Å². The normalized spacial score (nSPS) is 11.5. The number of hydrogen-bond donors (Lipinski definition) is 0. The Labute approximate surface area is 145 Å². The van der Waals surface area contributed by atoms with E-state index in [4.69, 9.17) is 4.42 Å². The molecule has 1 amide bonds. The molecule has 0 radical (unpaired) electrons. The van der Waals surface area contributed by atoms with Crippen LogP contribution < -0.4 is 4.90 Å². The Bertz CT molecular complexity index is 804. The Hall–Kier alpha value is -2.47. The summed E-state index contributed by atoms with van der Waals surface area (Å²) in [4.78, 5) is 24.1. The topological polar surface area (TPSA) is 59.2 Å². The number of nitrogens with zero attached hydrogens (tertiary/aromatic N) is 3. The van der Waals surface area contributed by atoms with Crippen LogP contribution in [0.1, 0.15) is 31.3 Å². The highest BCUT2D eigenvalue weighted by molar-refractivity contribution is 7.13. The predicted octanol–water partition coefficient (Wildman–Crippen LogP) is 4.49. The lowest BCUT2D eigenvalue weighted by molar-refractivity contribution is 0.0973. The smallest absolute Gasteiger partial charge is 0.281 e. The number of aromatic nitrogens is 2. The van der Waals surface area contributed by atoms with Gasteiger partial charge in [0.25, 0.3) is 5.91 Å². The molecule has 0 aliphatic rings. The van der Waals surface area contributed by atoms with Gasteiger partial charge in [-0.1, -0.05) is 26.8 Å². The monoisotopic (exact) mass is 341 g/mol. The van der Waals surface area contributed by atoms with Crippen LogP contribution >= 0.6 is 11.3 Å². The molecule has 0 atom stereocenters. The van der Waals surface area contributed by atoms with Crippen LogP contribution in [0.5, 0.6) is 0 Å². The summed E-state index contributed by atoms with van der Waals surface area (Å²) in [6.07, 6.45) is 4.70. The summed E-state index contributed by atoms with van der Waals surface area (Å²) < 4.78 is 5.48. The lowest BCUT2D eigenvalue weighted by Crippen LogP contribution is -2.38. The summed E-state index contributed by atoms with van der Waals surface area (Å²) in [7, 11) is 0. The maximum Gasteiger partial charge on any atom is 0.281 e. The van der Waals surface area contributed by atoms with Gasteiger partial charge in [-0.15, -0.1) is 11.3 Å². The first kappa shape index (κ1) is 16.4. The van der Waals surface area contributed by atoms with Crippen molar-refractivity contribution in [3.63, 3.8) is 0 Å². The van der Waals surface area contributed by atoms with Gasteiger partial charge in [0.1, 0.15) is 0 Å². The van der Waals surface area contributed by atoms with Gasteiger partial charge in [-0.3, -0.25) is 9.78 Å². The van der Waals surface area contributed by atoms with Crippen LogP contribution in [0.2, 0.25) is 0 Å². The lowest BCUT2D eigenvalue weighted by Gasteiger charge is -2.29. The third-order valence-electron chi connectivity index (χ3n) is 3.35. The fourth-order valence-electron chi connectivity index (χ4n) is 2.38. The van der Waals surface area contributed by atoms with Crippen LogP contribution in [0.3, 0.4) is 0 Å². The van der Waals surface area contributed by atoms with Crippen LogP contribution in [-0.4, -0.2) is 22.4 Å². The van der Waals surface area contributed by atoms with Gasteiger partial charge in [0.15, 0.2) is 17.8 Å². The lowest BCUT2D eigenvalue weighted by atomic mass is 9.95. The fourth-order valence-corrected chi connectivity index (χ4v) is 3.09. The number of oxazole rings is 1. The van der Waals surface area contributed by atoms with Crippen molar-refractivity contribution in [3.05, 3.63) is 54.1 Å². The molecule has 0 N–H and O–H groups in total. The van der Waals surface area contributed by atoms with Crippen LogP contribution in [0.4, 0.5) is 5.69 Å². The average molecular weight is 341 g/mol. The third-order valence-corrected chi connectivity index (χ3v) is 4.22. The van der Waals surface area contributed by atoms with Crippen molar-refractivity contribution < 1.29 is 9.21 Å². The number of rotatable bonds is 4. The largest absolute Gasteiger partial charge is 0.442 e. The zero-order valence-corrected chi connectivity index (χ0v) is 14.7. The van der Waals surface area contributed by atoms with Crippen molar-refractivity contribution in [1.82, 2.24) is 9.97 Å². The molecule has 0 aliphatic carbocycles. The number of amides is 1. The standard InChI is InChI=1S/C18H19N3O2S/c1-18(2,3)11-21(13-6-4-8-19-10-13)17(22)15-16(23-12-20-15)14-7-5-9-24-14/h4-10,12H,11H2,1-3H3. The zero-order valence-electron chi connectivity index (χ0n) is 13.9. The van der Waals surface area contributed by atoms with Gasteiger partial charge in [-0.05, 0) is 29.0 Å². The van der Waals surface area contributed by atoms with Crippen molar-refractivity contribution in [2.45, 2.75) is 20.8 Å². The van der Waals surface area contributed by atoms with Crippen LogP contribution in [0.25, 0.3) is 10.6 Å². The molecule has 124 valence electrons. The van der Waals surface area contributed by atoms with Crippen molar-refractivity contribution in [2.24, 2.45) is 5.41 Å². The molecule has 0 bridgehead atoms. The minimum absolute atomic E-state index is 0.0711. The summed E-state index contributed by atoms with van der Waals surface area (Å²) in [5.41, 5.74) is 1.00. The molecule has 0 aromatic carbocycles. The first-order chi connectivity index (χ1) is 11.5. The molecule has 6 heteroatoms. The predicted molar refractivity (Wildman–Crippen MR) is 95.2 cm³/mol. The van der Waals surface area contributed by atoms with Gasteiger partial charge < -0.3 is 9.32 Å². The van der Waals surface area contributed by atoms with E-state index in [1.165, 1.54) is 17.7 Å². The number of anilines is 1. The number of carbonyl (C=O) groups excluding carboxylic acids is 1. The Morgan fingerprint density at radius 2 is 2.12 bits per heavy atom. The Balaban J connectivity index is 2.00. The first-order valence-electron chi connectivity index (χ1n) is 7.65. The molecule has 0 unspecified atom stereocenters. The molecule has 0 saturated carbocycles. The molecular weight excluding hydrogens is 322 g/mol. The van der Waals surface area contributed by atoms with Crippen molar-refractivity contribution in [1.29, 1.82) is 0 Å². The highest BCUT2D eigenvalue weighted by atomic mass is 32.1. The highest BCUT2D eigenvalue weighted by Crippen LogP contribution is 2.30. The molecule has 3 aromatic heterocycles. The summed E-state index contributed by atoms with van der Waals surface area (Å²) in [6, 6.07) is 7.54. The molecule has 0 saturated heterocycles. The second kappa shape index (κ2) is 6.57. The van der Waals surface area contributed by atoms with E-state index in [2.05, 4.69) is 30.7 Å². The fraction of sp³-hybridized carbons (Fsp3) is 0.278. The first-order valence-corrected chi connectivity index (χ1v) is 8.53. The summed E-state index contributed by atoms with van der Waals surface area (Å²) in [5.74, 6) is 0.327. The molecular formula is C18H19N3O2S. The van der Waals surface area contributed by atoms with E-state index in [1.807, 2.05) is 29.6 Å². The minimum atomic E-state index is -0.185. The van der Waals surface area contributed by atoms with Gasteiger partial charge in [0.2, 0.25) is 0 Å². The highest BCUT2D eigenvalue weighted by Gasteiger charge is 2.28. The second-order valence-corrected chi connectivity index (χ2v) is 7.62. The van der Waals surface area contributed by atoms with E-state index >= 15 is 0 Å². The zero-order chi connectivity index (χ0) is 17.2. The maximum atomic E-state index is 13.2. The minimum Gasteiger partial charge on any atom is -0.442 e. The van der Waals surface area contributed by atoms with E-state index in [9.17, 15) is 4.79 Å². The molecule has 0 aliphatic heterocycles. The molecule has 5 nitrogen and oxygen atoms in total. The van der Waals surface area contributed by atoms with Crippen LogP contribution in [-0.2, 0) is 0 Å². The number of carbonyl (C=O) groups is 1. The van der Waals surface area contributed by atoms with Gasteiger partial charge in [-0.2, -0.15) is 0 Å². The number of hydrogen-bond acceptors (Lipinski definition) is 5. The molecule has 24 heavy (non-hydrogen) atoms. The van der Waals surface area contributed by atoms with E-state index in [1.54, 1.807) is 17.3 Å². The van der Waals surface area contributed by atoms with Gasteiger partial charge in [0, 0.05) is 12.7 Å². The molecule has 3 rings (SSSR count). The van der Waals surface area contributed by atoms with Crippen molar-refractivity contribution in [2.75, 3.05) is 11.4 Å². The molecule has 3 aromatic rings. The summed E-state index contributed by atoms with van der Waals surface area (Å²) >= 11 is 1.52. The Morgan fingerprint density at radius 3 is 2.75 bits per heavy atom. The Kier molecular flexibility index (Phi) is 4.49. The van der Waals surface area contributed by atoms with Gasteiger partial charge in [-0.25, -0.2) is 4.98 Å². The number of thiophene rings is 1. The van der Waals surface area contributed by atoms with E-state index in [0.29, 0.717) is 18.0 Å². The maximum absolute atomic E-state index is 13.2. The van der Waals surface area contributed by atoms with E-state index < -0.39 is 0 Å². The van der Waals surface area contributed by atoms with E-state index in [-0.39, 0.29) is 11.3 Å². The molecule has 0 fully saturated rings. The SMILES string of the molecule is CC(C)(C)CN(C(=O)c1ncoc1-c1cccs1)c1cccnc1. The Morgan fingerprint density at radius 1 is 1.29 bits per heavy atom. The van der Waals surface area contributed by atoms with Crippen LogP contribution in [0.15, 0.2) is 52.9 Å². The molecule has 0 spiro atoms. The van der Waals surface area contributed by atoms with E-state index in [0.717, 1.165) is 10.6 Å². The van der Waals surface area contributed by atoms with Crippen molar-refractivity contribution >= 4 is 22.9 Å².